The third kappa shape index (κ3) is 3.41. The molecule has 0 amide bonds. The topological polar surface area (TPSA) is 43.1 Å². The molecule has 98 valence electrons. The van der Waals surface area contributed by atoms with Crippen molar-refractivity contribution in [3.8, 4) is 0 Å². The monoisotopic (exact) mass is 321 g/mol. The lowest BCUT2D eigenvalue weighted by atomic mass is 10.0. The van der Waals surface area contributed by atoms with E-state index in [1.165, 1.54) is 6.07 Å². The van der Waals surface area contributed by atoms with Crippen LogP contribution in [0.3, 0.4) is 0 Å². The smallest absolute Gasteiger partial charge is 0.166 e. The van der Waals surface area contributed by atoms with Gasteiger partial charge in [0.05, 0.1) is 10.0 Å². The summed E-state index contributed by atoms with van der Waals surface area (Å²) >= 11 is 3.08. The number of hydrogen-bond donors (Lipinski definition) is 1. The fourth-order valence-corrected chi connectivity index (χ4v) is 2.16. The predicted molar refractivity (Wildman–Crippen MR) is 77.6 cm³/mol. The zero-order valence-electron chi connectivity index (χ0n) is 10.2. The van der Waals surface area contributed by atoms with E-state index in [0.717, 1.165) is 5.56 Å². The second-order valence-corrected chi connectivity index (χ2v) is 5.12. The van der Waals surface area contributed by atoms with Gasteiger partial charge in [-0.1, -0.05) is 18.2 Å². The number of Topliss-reactive ketones (excluding diaryl/α,β-unsaturated/α-hetero) is 1. The molecule has 0 saturated carbocycles. The van der Waals surface area contributed by atoms with Crippen LogP contribution in [0.4, 0.5) is 10.1 Å². The molecule has 2 rings (SSSR count). The SMILES string of the molecule is Nc1ccc(CCC(=O)c2cccc(Br)c2F)cc1. The average Bonchev–Trinajstić information content (AvgIpc) is 2.41. The molecule has 2 aromatic rings. The molecule has 0 radical (unpaired) electrons. The molecule has 0 aliphatic rings. The van der Waals surface area contributed by atoms with Crippen LogP contribution in [-0.2, 0) is 6.42 Å². The molecular weight excluding hydrogens is 309 g/mol. The minimum Gasteiger partial charge on any atom is -0.399 e. The number of aryl methyl sites for hydroxylation is 1. The summed E-state index contributed by atoms with van der Waals surface area (Å²) < 4.78 is 14.1. The van der Waals surface area contributed by atoms with E-state index in [4.69, 9.17) is 5.73 Å². The van der Waals surface area contributed by atoms with Gasteiger partial charge in [0.15, 0.2) is 5.78 Å². The molecule has 0 unspecified atom stereocenters. The first-order valence-electron chi connectivity index (χ1n) is 5.89. The summed E-state index contributed by atoms with van der Waals surface area (Å²) in [5, 5.41) is 0. The summed E-state index contributed by atoms with van der Waals surface area (Å²) in [6.45, 7) is 0. The average molecular weight is 322 g/mol. The van der Waals surface area contributed by atoms with Gasteiger partial charge in [0.2, 0.25) is 0 Å². The third-order valence-corrected chi connectivity index (χ3v) is 3.48. The zero-order chi connectivity index (χ0) is 13.8. The Morgan fingerprint density at radius 1 is 1.16 bits per heavy atom. The van der Waals surface area contributed by atoms with E-state index in [1.54, 1.807) is 24.3 Å². The predicted octanol–water partition coefficient (Wildman–Crippen LogP) is 3.99. The van der Waals surface area contributed by atoms with E-state index in [-0.39, 0.29) is 17.8 Å². The van der Waals surface area contributed by atoms with Crippen LogP contribution in [0.5, 0.6) is 0 Å². The van der Waals surface area contributed by atoms with Gasteiger partial charge in [-0.15, -0.1) is 0 Å². The van der Waals surface area contributed by atoms with Gasteiger partial charge in [0, 0.05) is 12.1 Å². The maximum atomic E-state index is 13.7. The lowest BCUT2D eigenvalue weighted by Crippen LogP contribution is -2.04. The second kappa shape index (κ2) is 5.97. The molecule has 0 spiro atoms. The van der Waals surface area contributed by atoms with Crippen molar-refractivity contribution in [2.75, 3.05) is 5.73 Å². The number of nitrogens with two attached hydrogens (primary N) is 1. The third-order valence-electron chi connectivity index (χ3n) is 2.87. The number of ketones is 1. The van der Waals surface area contributed by atoms with Gasteiger partial charge in [0.25, 0.3) is 0 Å². The molecule has 2 nitrogen and oxygen atoms in total. The van der Waals surface area contributed by atoms with Gasteiger partial charge >= 0.3 is 0 Å². The molecule has 0 bridgehead atoms. The largest absolute Gasteiger partial charge is 0.399 e. The molecule has 0 saturated heterocycles. The fraction of sp³-hybridized carbons (Fsp3) is 0.133. The van der Waals surface area contributed by atoms with Crippen LogP contribution in [0.25, 0.3) is 0 Å². The molecule has 4 heteroatoms. The van der Waals surface area contributed by atoms with Crippen LogP contribution in [0.1, 0.15) is 22.3 Å². The van der Waals surface area contributed by atoms with Gasteiger partial charge in [-0.3, -0.25) is 4.79 Å². The Morgan fingerprint density at radius 2 is 1.84 bits per heavy atom. The molecular formula is C15H13BrFNO. The Balaban J connectivity index is 2.05. The highest BCUT2D eigenvalue weighted by Gasteiger charge is 2.13. The van der Waals surface area contributed by atoms with Gasteiger partial charge < -0.3 is 5.73 Å². The molecule has 0 aliphatic carbocycles. The number of carbonyl (C=O) groups excluding carboxylic acids is 1. The van der Waals surface area contributed by atoms with Crippen molar-refractivity contribution in [2.24, 2.45) is 0 Å². The Hall–Kier alpha value is -1.68. The molecule has 0 heterocycles. The van der Waals surface area contributed by atoms with Crippen molar-refractivity contribution in [1.82, 2.24) is 0 Å². The highest BCUT2D eigenvalue weighted by Crippen LogP contribution is 2.20. The van der Waals surface area contributed by atoms with Crippen molar-refractivity contribution < 1.29 is 9.18 Å². The quantitative estimate of drug-likeness (QED) is 0.683. The number of halogens is 2. The normalized spacial score (nSPS) is 10.4. The van der Waals surface area contributed by atoms with Crippen molar-refractivity contribution in [3.63, 3.8) is 0 Å². The summed E-state index contributed by atoms with van der Waals surface area (Å²) in [7, 11) is 0. The van der Waals surface area contributed by atoms with E-state index in [2.05, 4.69) is 15.9 Å². The van der Waals surface area contributed by atoms with Gasteiger partial charge in [-0.05, 0) is 52.2 Å². The van der Waals surface area contributed by atoms with E-state index < -0.39 is 5.82 Å². The molecule has 0 aromatic heterocycles. The van der Waals surface area contributed by atoms with Crippen LogP contribution in [0, 0.1) is 5.82 Å². The number of carbonyl (C=O) groups is 1. The van der Waals surface area contributed by atoms with Crippen molar-refractivity contribution in [3.05, 3.63) is 63.9 Å². The number of benzene rings is 2. The summed E-state index contributed by atoms with van der Waals surface area (Å²) in [6, 6.07) is 12.1. The lowest BCUT2D eigenvalue weighted by Gasteiger charge is -2.04. The molecule has 2 N–H and O–H groups in total. The van der Waals surface area contributed by atoms with E-state index in [0.29, 0.717) is 16.6 Å². The maximum Gasteiger partial charge on any atom is 0.166 e. The summed E-state index contributed by atoms with van der Waals surface area (Å²) in [4.78, 5) is 12.0. The molecule has 2 aromatic carbocycles. The summed E-state index contributed by atoms with van der Waals surface area (Å²) in [5.41, 5.74) is 7.42. The van der Waals surface area contributed by atoms with Crippen LogP contribution >= 0.6 is 15.9 Å². The zero-order valence-corrected chi connectivity index (χ0v) is 11.8. The highest BCUT2D eigenvalue weighted by molar-refractivity contribution is 9.10. The Morgan fingerprint density at radius 3 is 2.53 bits per heavy atom. The Bertz CT molecular complexity index is 596. The van der Waals surface area contributed by atoms with E-state index >= 15 is 0 Å². The van der Waals surface area contributed by atoms with E-state index in [9.17, 15) is 9.18 Å². The molecule has 0 aliphatic heterocycles. The number of hydrogen-bond acceptors (Lipinski definition) is 2. The standard InChI is InChI=1S/C15H13BrFNO/c16-13-3-1-2-12(15(13)17)14(19)9-6-10-4-7-11(18)8-5-10/h1-5,7-8H,6,9,18H2. The van der Waals surface area contributed by atoms with Gasteiger partial charge in [0.1, 0.15) is 5.82 Å². The lowest BCUT2D eigenvalue weighted by molar-refractivity contribution is 0.0979. The minimum absolute atomic E-state index is 0.129. The van der Waals surface area contributed by atoms with E-state index in [1.807, 2.05) is 12.1 Å². The van der Waals surface area contributed by atoms with Crippen molar-refractivity contribution in [1.29, 1.82) is 0 Å². The van der Waals surface area contributed by atoms with Gasteiger partial charge in [-0.25, -0.2) is 4.39 Å². The van der Waals surface area contributed by atoms with Crippen LogP contribution in [-0.4, -0.2) is 5.78 Å². The van der Waals surface area contributed by atoms with Crippen LogP contribution < -0.4 is 5.73 Å². The first kappa shape index (κ1) is 13.7. The van der Waals surface area contributed by atoms with Gasteiger partial charge in [-0.2, -0.15) is 0 Å². The highest BCUT2D eigenvalue weighted by atomic mass is 79.9. The molecule has 0 atom stereocenters. The Kier molecular flexibility index (Phi) is 4.32. The molecule has 0 fully saturated rings. The molecule has 19 heavy (non-hydrogen) atoms. The number of rotatable bonds is 4. The number of anilines is 1. The maximum absolute atomic E-state index is 13.7. The fourth-order valence-electron chi connectivity index (χ4n) is 1.80. The minimum atomic E-state index is -0.496. The summed E-state index contributed by atoms with van der Waals surface area (Å²) in [5.74, 6) is -0.694. The van der Waals surface area contributed by atoms with Crippen molar-refractivity contribution in [2.45, 2.75) is 12.8 Å². The van der Waals surface area contributed by atoms with Crippen LogP contribution in [0.15, 0.2) is 46.9 Å². The first-order valence-corrected chi connectivity index (χ1v) is 6.69. The Labute approximate surface area is 119 Å². The first-order chi connectivity index (χ1) is 9.08. The van der Waals surface area contributed by atoms with Crippen LogP contribution in [0.2, 0.25) is 0 Å². The number of nitrogen functional groups attached to an aromatic ring is 1. The second-order valence-electron chi connectivity index (χ2n) is 4.27. The summed E-state index contributed by atoms with van der Waals surface area (Å²) in [6.07, 6.45) is 0.850. The van der Waals surface area contributed by atoms with Crippen molar-refractivity contribution >= 4 is 27.4 Å².